The van der Waals surface area contributed by atoms with Crippen LogP contribution < -0.4 is 0 Å². The lowest BCUT2D eigenvalue weighted by atomic mass is 10.1. The minimum Gasteiger partial charge on any atom is -0.457 e. The lowest BCUT2D eigenvalue weighted by Gasteiger charge is -2.15. The van der Waals surface area contributed by atoms with Crippen molar-refractivity contribution in [3.05, 3.63) is 24.3 Å². The molecule has 4 nitrogen and oxygen atoms in total. The van der Waals surface area contributed by atoms with Gasteiger partial charge in [0.15, 0.2) is 0 Å². The summed E-state index contributed by atoms with van der Waals surface area (Å²) in [4.78, 5) is 12.0. The van der Waals surface area contributed by atoms with Gasteiger partial charge in [0.2, 0.25) is 0 Å². The number of hydrogen-bond acceptors (Lipinski definition) is 4. The van der Waals surface area contributed by atoms with E-state index >= 15 is 0 Å². The molecule has 1 unspecified atom stereocenters. The van der Waals surface area contributed by atoms with E-state index in [4.69, 9.17) is 9.47 Å². The first-order valence-corrected chi connectivity index (χ1v) is 14.9. The molecule has 0 radical (unpaired) electrons. The first-order chi connectivity index (χ1) is 17.2. The number of ether oxygens (including phenoxy) is 2. The van der Waals surface area contributed by atoms with Crippen molar-refractivity contribution in [3.63, 3.8) is 0 Å². The van der Waals surface area contributed by atoms with E-state index in [1.807, 2.05) is 0 Å². The van der Waals surface area contributed by atoms with E-state index in [0.717, 1.165) is 38.5 Å². The van der Waals surface area contributed by atoms with Gasteiger partial charge in [-0.05, 0) is 44.9 Å². The molecule has 0 amide bonds. The third-order valence-electron chi connectivity index (χ3n) is 6.28. The molecule has 0 aromatic rings. The Morgan fingerprint density at radius 3 is 1.83 bits per heavy atom. The summed E-state index contributed by atoms with van der Waals surface area (Å²) >= 11 is 0. The average Bonchev–Trinajstić information content (AvgIpc) is 2.86. The molecule has 4 heteroatoms. The summed E-state index contributed by atoms with van der Waals surface area (Å²) in [5.74, 6) is -0.217. The van der Waals surface area contributed by atoms with Gasteiger partial charge >= 0.3 is 5.97 Å². The van der Waals surface area contributed by atoms with Crippen molar-refractivity contribution in [1.82, 2.24) is 0 Å². The number of aliphatic hydroxyl groups is 1. The van der Waals surface area contributed by atoms with Gasteiger partial charge in [-0.15, -0.1) is 0 Å². The molecule has 0 aliphatic rings. The highest BCUT2D eigenvalue weighted by Crippen LogP contribution is 2.10. The van der Waals surface area contributed by atoms with Gasteiger partial charge in [-0.1, -0.05) is 115 Å². The molecule has 0 aromatic heterocycles. The van der Waals surface area contributed by atoms with Gasteiger partial charge in [-0.3, -0.25) is 4.79 Å². The van der Waals surface area contributed by atoms with Gasteiger partial charge < -0.3 is 14.6 Å². The van der Waals surface area contributed by atoms with Gasteiger partial charge in [-0.25, -0.2) is 0 Å². The molecule has 0 saturated carbocycles. The van der Waals surface area contributed by atoms with Gasteiger partial charge in [0.05, 0.1) is 13.2 Å². The van der Waals surface area contributed by atoms with Gasteiger partial charge in [0.25, 0.3) is 0 Å². The molecule has 35 heavy (non-hydrogen) atoms. The van der Waals surface area contributed by atoms with Crippen LogP contribution in [-0.4, -0.2) is 37.0 Å². The summed E-state index contributed by atoms with van der Waals surface area (Å²) < 4.78 is 11.0. The summed E-state index contributed by atoms with van der Waals surface area (Å²) in [5.41, 5.74) is 0. The maximum Gasteiger partial charge on any atom is 0.306 e. The van der Waals surface area contributed by atoms with Crippen molar-refractivity contribution in [2.75, 3.05) is 19.8 Å². The Balaban J connectivity index is 3.50. The van der Waals surface area contributed by atoms with Crippen molar-refractivity contribution in [1.29, 1.82) is 0 Å². The van der Waals surface area contributed by atoms with Crippen LogP contribution in [0.4, 0.5) is 0 Å². The predicted molar refractivity (Wildman–Crippen MR) is 150 cm³/mol. The topological polar surface area (TPSA) is 55.8 Å². The van der Waals surface area contributed by atoms with Crippen LogP contribution in [0.1, 0.15) is 142 Å². The average molecular weight is 495 g/mol. The molecule has 1 N–H and O–H groups in total. The van der Waals surface area contributed by atoms with Crippen LogP contribution in [0.2, 0.25) is 0 Å². The van der Waals surface area contributed by atoms with Crippen LogP contribution in [0.5, 0.6) is 0 Å². The quantitative estimate of drug-likeness (QED) is 0.0703. The van der Waals surface area contributed by atoms with E-state index in [-0.39, 0.29) is 12.6 Å². The third-order valence-corrected chi connectivity index (χ3v) is 6.28. The Morgan fingerprint density at radius 2 is 1.20 bits per heavy atom. The maximum absolute atomic E-state index is 12.0. The summed E-state index contributed by atoms with van der Waals surface area (Å²) in [5, 5.41) is 9.46. The molecule has 0 bridgehead atoms. The molecule has 0 aliphatic carbocycles. The predicted octanol–water partition coefficient (Wildman–Crippen LogP) is 8.86. The first-order valence-electron chi connectivity index (χ1n) is 14.9. The monoisotopic (exact) mass is 494 g/mol. The van der Waals surface area contributed by atoms with Gasteiger partial charge in [-0.2, -0.15) is 0 Å². The second kappa shape index (κ2) is 29.1. The molecule has 0 saturated heterocycles. The fraction of sp³-hybridized carbons (Fsp3) is 0.839. The zero-order valence-electron chi connectivity index (χ0n) is 23.3. The van der Waals surface area contributed by atoms with Crippen molar-refractivity contribution >= 4 is 5.97 Å². The van der Waals surface area contributed by atoms with Crippen molar-refractivity contribution < 1.29 is 19.4 Å². The zero-order valence-corrected chi connectivity index (χ0v) is 23.3. The first kappa shape index (κ1) is 33.9. The van der Waals surface area contributed by atoms with E-state index in [1.54, 1.807) is 0 Å². The minimum absolute atomic E-state index is 0.175. The summed E-state index contributed by atoms with van der Waals surface area (Å²) in [6.45, 7) is 5.27. The van der Waals surface area contributed by atoms with E-state index < -0.39 is 6.10 Å². The number of hydrogen-bond donors (Lipinski definition) is 1. The molecule has 0 aliphatic heterocycles. The molecular weight excluding hydrogens is 436 g/mol. The Kier molecular flexibility index (Phi) is 28.2. The highest BCUT2D eigenvalue weighted by Gasteiger charge is 2.13. The third kappa shape index (κ3) is 27.3. The highest BCUT2D eigenvalue weighted by molar-refractivity contribution is 5.69. The molecule has 0 rings (SSSR count). The number of unbranched alkanes of at least 4 members (excludes halogenated alkanes) is 15. The number of aliphatic hydroxyl groups excluding tert-OH is 1. The van der Waals surface area contributed by atoms with Gasteiger partial charge in [0.1, 0.15) is 6.10 Å². The second-order valence-electron chi connectivity index (χ2n) is 9.82. The zero-order chi connectivity index (χ0) is 25.7. The lowest BCUT2D eigenvalue weighted by molar-refractivity contribution is -0.154. The van der Waals surface area contributed by atoms with E-state index in [2.05, 4.69) is 38.2 Å². The maximum atomic E-state index is 12.0. The van der Waals surface area contributed by atoms with Crippen LogP contribution in [-0.2, 0) is 14.3 Å². The van der Waals surface area contributed by atoms with Gasteiger partial charge in [0, 0.05) is 13.0 Å². The normalized spacial score (nSPS) is 12.7. The Hall–Kier alpha value is -1.13. The molecule has 0 spiro atoms. The van der Waals surface area contributed by atoms with E-state index in [9.17, 15) is 9.90 Å². The smallest absolute Gasteiger partial charge is 0.306 e. The van der Waals surface area contributed by atoms with Crippen molar-refractivity contribution in [3.8, 4) is 0 Å². The van der Waals surface area contributed by atoms with Crippen LogP contribution >= 0.6 is 0 Å². The molecule has 206 valence electrons. The highest BCUT2D eigenvalue weighted by atomic mass is 16.6. The SMILES string of the molecule is CCCCC/C=C\C/C=C\CCCCCCCC(=O)OC(CO)COCCCCCCCCCC. The minimum atomic E-state index is -0.533. The summed E-state index contributed by atoms with van der Waals surface area (Å²) in [7, 11) is 0. The standard InChI is InChI=1S/C31H58O4/c1-3-5-7-9-11-13-14-15-16-17-18-19-20-22-24-26-31(33)35-30(28-32)29-34-27-25-23-21-12-10-8-6-4-2/h11,13,15-16,30,32H,3-10,12,14,17-29H2,1-2H3/b13-11-,16-15-. The molecular formula is C31H58O4. The Labute approximate surface area is 217 Å². The van der Waals surface area contributed by atoms with Crippen LogP contribution in [0.3, 0.4) is 0 Å². The van der Waals surface area contributed by atoms with E-state index in [0.29, 0.717) is 19.6 Å². The number of carbonyl (C=O) groups excluding carboxylic acids is 1. The van der Waals surface area contributed by atoms with Crippen molar-refractivity contribution in [2.24, 2.45) is 0 Å². The van der Waals surface area contributed by atoms with Crippen molar-refractivity contribution in [2.45, 2.75) is 148 Å². The van der Waals surface area contributed by atoms with Crippen LogP contribution in [0.15, 0.2) is 24.3 Å². The number of rotatable bonds is 27. The van der Waals surface area contributed by atoms with Crippen LogP contribution in [0, 0.1) is 0 Å². The number of esters is 1. The fourth-order valence-electron chi connectivity index (χ4n) is 4.00. The lowest BCUT2D eigenvalue weighted by Crippen LogP contribution is -2.27. The largest absolute Gasteiger partial charge is 0.457 e. The fourth-order valence-corrected chi connectivity index (χ4v) is 4.00. The number of allylic oxidation sites excluding steroid dienone is 4. The Bertz CT molecular complexity index is 486. The Morgan fingerprint density at radius 1 is 0.686 bits per heavy atom. The second-order valence-corrected chi connectivity index (χ2v) is 9.82. The molecule has 0 fully saturated rings. The molecule has 0 heterocycles. The number of carbonyl (C=O) groups is 1. The molecule has 0 aromatic carbocycles. The summed E-state index contributed by atoms with van der Waals surface area (Å²) in [6.07, 6.45) is 32.0. The van der Waals surface area contributed by atoms with E-state index in [1.165, 1.54) is 83.5 Å². The summed E-state index contributed by atoms with van der Waals surface area (Å²) in [6, 6.07) is 0. The van der Waals surface area contributed by atoms with Crippen LogP contribution in [0.25, 0.3) is 0 Å². The molecule has 1 atom stereocenters.